The zero-order valence-electron chi connectivity index (χ0n) is 9.15. The molecule has 0 aliphatic carbocycles. The van der Waals surface area contributed by atoms with Gasteiger partial charge in [-0.2, -0.15) is 0 Å². The van der Waals surface area contributed by atoms with Gasteiger partial charge in [0.1, 0.15) is 0 Å². The predicted molar refractivity (Wildman–Crippen MR) is 56.6 cm³/mol. The van der Waals surface area contributed by atoms with Crippen LogP contribution in [0.2, 0.25) is 0 Å². The van der Waals surface area contributed by atoms with Crippen molar-refractivity contribution in [1.29, 1.82) is 0 Å². The number of rotatable bonds is 9. The van der Waals surface area contributed by atoms with Crippen LogP contribution in [-0.4, -0.2) is 47.1 Å². The highest BCUT2D eigenvalue weighted by atomic mass is 16.4. The minimum absolute atomic E-state index is 0.196. The van der Waals surface area contributed by atoms with Gasteiger partial charge in [-0.05, 0) is 25.3 Å². The van der Waals surface area contributed by atoms with Crippen molar-refractivity contribution in [3.63, 3.8) is 0 Å². The van der Waals surface area contributed by atoms with Crippen LogP contribution in [0.1, 0.15) is 26.2 Å². The zero-order chi connectivity index (χ0) is 11.7. The van der Waals surface area contributed by atoms with Gasteiger partial charge in [0.15, 0.2) is 0 Å². The number of carboxylic acid groups (broad SMARTS) is 1. The quantitative estimate of drug-likeness (QED) is 0.404. The van der Waals surface area contributed by atoms with Crippen molar-refractivity contribution in [3.05, 3.63) is 0 Å². The van der Waals surface area contributed by atoms with Gasteiger partial charge in [0, 0.05) is 13.2 Å². The first-order valence-electron chi connectivity index (χ1n) is 5.27. The number of aliphatic carboxylic acids is 1. The maximum absolute atomic E-state index is 10.2. The molecule has 5 heteroatoms. The Hall–Kier alpha value is -0.650. The first kappa shape index (κ1) is 14.3. The molecule has 90 valence electrons. The summed E-state index contributed by atoms with van der Waals surface area (Å²) in [5.41, 5.74) is 0. The van der Waals surface area contributed by atoms with Crippen molar-refractivity contribution in [2.24, 2.45) is 5.92 Å². The Morgan fingerprint density at radius 1 is 1.47 bits per heavy atom. The van der Waals surface area contributed by atoms with E-state index in [1.165, 1.54) is 0 Å². The Balaban J connectivity index is 3.27. The molecule has 0 rings (SSSR count). The molecule has 0 radical (unpaired) electrons. The fourth-order valence-electron chi connectivity index (χ4n) is 1.21. The molecule has 0 aliphatic heterocycles. The van der Waals surface area contributed by atoms with E-state index in [0.29, 0.717) is 12.5 Å². The first-order chi connectivity index (χ1) is 7.06. The van der Waals surface area contributed by atoms with E-state index in [2.05, 4.69) is 5.32 Å². The first-order valence-corrected chi connectivity index (χ1v) is 5.27. The van der Waals surface area contributed by atoms with Gasteiger partial charge in [-0.25, -0.2) is 0 Å². The van der Waals surface area contributed by atoms with E-state index in [4.69, 9.17) is 10.2 Å². The van der Waals surface area contributed by atoms with Crippen LogP contribution >= 0.6 is 0 Å². The standard InChI is InChI=1S/C10H21NO4/c1-8(7-12)3-2-4-11-6-9(13)5-10(14)15/h8-9,11-13H,2-7H2,1H3,(H,14,15). The SMILES string of the molecule is CC(CO)CCCNCC(O)CC(=O)O. The average Bonchev–Trinajstić information content (AvgIpc) is 2.15. The van der Waals surface area contributed by atoms with Crippen LogP contribution in [0.15, 0.2) is 0 Å². The highest BCUT2D eigenvalue weighted by molar-refractivity contribution is 5.67. The van der Waals surface area contributed by atoms with Crippen LogP contribution < -0.4 is 5.32 Å². The second-order valence-electron chi connectivity index (χ2n) is 3.89. The van der Waals surface area contributed by atoms with Gasteiger partial charge in [-0.3, -0.25) is 4.79 Å². The molecular formula is C10H21NO4. The number of aliphatic hydroxyl groups excluding tert-OH is 2. The van der Waals surface area contributed by atoms with Crippen molar-refractivity contribution in [1.82, 2.24) is 5.32 Å². The minimum atomic E-state index is -0.988. The summed E-state index contributed by atoms with van der Waals surface area (Å²) in [6.07, 6.45) is 0.804. The predicted octanol–water partition coefficient (Wildman–Crippen LogP) is -0.180. The Labute approximate surface area is 90.1 Å². The van der Waals surface area contributed by atoms with Crippen LogP contribution in [0.4, 0.5) is 0 Å². The molecular weight excluding hydrogens is 198 g/mol. The van der Waals surface area contributed by atoms with E-state index in [-0.39, 0.29) is 13.0 Å². The smallest absolute Gasteiger partial charge is 0.306 e. The van der Waals surface area contributed by atoms with Gasteiger partial charge >= 0.3 is 5.97 Å². The Morgan fingerprint density at radius 2 is 2.13 bits per heavy atom. The molecule has 2 atom stereocenters. The fraction of sp³-hybridized carbons (Fsp3) is 0.900. The molecule has 2 unspecified atom stereocenters. The average molecular weight is 219 g/mol. The highest BCUT2D eigenvalue weighted by Crippen LogP contribution is 2.02. The van der Waals surface area contributed by atoms with Crippen molar-refractivity contribution < 1.29 is 20.1 Å². The van der Waals surface area contributed by atoms with Gasteiger partial charge in [0.25, 0.3) is 0 Å². The molecule has 0 aromatic carbocycles. The third-order valence-electron chi connectivity index (χ3n) is 2.15. The van der Waals surface area contributed by atoms with E-state index in [1.807, 2.05) is 6.92 Å². The van der Waals surface area contributed by atoms with Crippen molar-refractivity contribution in [2.45, 2.75) is 32.3 Å². The lowest BCUT2D eigenvalue weighted by Crippen LogP contribution is -2.29. The molecule has 0 spiro atoms. The van der Waals surface area contributed by atoms with Crippen LogP contribution in [0.3, 0.4) is 0 Å². The monoisotopic (exact) mass is 219 g/mol. The van der Waals surface area contributed by atoms with Gasteiger partial charge < -0.3 is 20.6 Å². The Morgan fingerprint density at radius 3 is 2.67 bits per heavy atom. The second-order valence-corrected chi connectivity index (χ2v) is 3.89. The number of carbonyl (C=O) groups is 1. The molecule has 0 saturated heterocycles. The lowest BCUT2D eigenvalue weighted by atomic mass is 10.1. The van der Waals surface area contributed by atoms with Crippen LogP contribution in [0, 0.1) is 5.92 Å². The van der Waals surface area contributed by atoms with Gasteiger partial charge in [-0.1, -0.05) is 6.92 Å². The van der Waals surface area contributed by atoms with E-state index < -0.39 is 12.1 Å². The maximum Gasteiger partial charge on any atom is 0.306 e. The van der Waals surface area contributed by atoms with E-state index in [9.17, 15) is 9.90 Å². The van der Waals surface area contributed by atoms with Gasteiger partial charge in [0.2, 0.25) is 0 Å². The van der Waals surface area contributed by atoms with Crippen molar-refractivity contribution in [2.75, 3.05) is 19.7 Å². The largest absolute Gasteiger partial charge is 0.481 e. The molecule has 4 N–H and O–H groups in total. The molecule has 0 bridgehead atoms. The molecule has 0 heterocycles. The summed E-state index contributed by atoms with van der Waals surface area (Å²) in [5, 5.41) is 29.3. The second kappa shape index (κ2) is 8.64. The molecule has 15 heavy (non-hydrogen) atoms. The molecule has 0 aromatic rings. The molecule has 0 aromatic heterocycles. The highest BCUT2D eigenvalue weighted by Gasteiger charge is 2.08. The number of aliphatic hydroxyl groups is 2. The normalized spacial score (nSPS) is 14.9. The number of hydrogen-bond acceptors (Lipinski definition) is 4. The lowest BCUT2D eigenvalue weighted by Gasteiger charge is -2.10. The van der Waals surface area contributed by atoms with E-state index in [0.717, 1.165) is 19.4 Å². The summed E-state index contributed by atoms with van der Waals surface area (Å²) in [4.78, 5) is 10.2. The maximum atomic E-state index is 10.2. The van der Waals surface area contributed by atoms with Crippen LogP contribution in [-0.2, 0) is 4.79 Å². The summed E-state index contributed by atoms with van der Waals surface area (Å²) >= 11 is 0. The topological polar surface area (TPSA) is 89.8 Å². The number of nitrogens with one attached hydrogen (secondary N) is 1. The zero-order valence-corrected chi connectivity index (χ0v) is 9.15. The van der Waals surface area contributed by atoms with Gasteiger partial charge in [0.05, 0.1) is 12.5 Å². The lowest BCUT2D eigenvalue weighted by molar-refractivity contribution is -0.139. The number of carboxylic acids is 1. The van der Waals surface area contributed by atoms with Crippen LogP contribution in [0.5, 0.6) is 0 Å². The molecule has 0 aliphatic rings. The third-order valence-corrected chi connectivity index (χ3v) is 2.15. The third kappa shape index (κ3) is 9.65. The molecule has 5 nitrogen and oxygen atoms in total. The van der Waals surface area contributed by atoms with Crippen molar-refractivity contribution >= 4 is 5.97 Å². The summed E-state index contributed by atoms with van der Waals surface area (Å²) in [6.45, 7) is 3.21. The Bertz CT molecular complexity index is 175. The summed E-state index contributed by atoms with van der Waals surface area (Å²) in [7, 11) is 0. The van der Waals surface area contributed by atoms with E-state index in [1.54, 1.807) is 0 Å². The fourth-order valence-corrected chi connectivity index (χ4v) is 1.21. The summed E-state index contributed by atoms with van der Waals surface area (Å²) in [6, 6.07) is 0. The Kier molecular flexibility index (Phi) is 8.27. The molecule has 0 amide bonds. The summed E-state index contributed by atoms with van der Waals surface area (Å²) in [5.74, 6) is -0.686. The van der Waals surface area contributed by atoms with Crippen LogP contribution in [0.25, 0.3) is 0 Å². The molecule has 0 saturated carbocycles. The number of hydrogen-bond donors (Lipinski definition) is 4. The minimum Gasteiger partial charge on any atom is -0.481 e. The van der Waals surface area contributed by atoms with Crippen molar-refractivity contribution in [3.8, 4) is 0 Å². The molecule has 0 fully saturated rings. The summed E-state index contributed by atoms with van der Waals surface area (Å²) < 4.78 is 0. The van der Waals surface area contributed by atoms with E-state index >= 15 is 0 Å². The van der Waals surface area contributed by atoms with Gasteiger partial charge in [-0.15, -0.1) is 0 Å².